The molecule has 6 nitrogen and oxygen atoms in total. The van der Waals surface area contributed by atoms with Crippen molar-refractivity contribution in [1.29, 1.82) is 0 Å². The maximum Gasteiger partial charge on any atom is 0.229 e. The van der Waals surface area contributed by atoms with Gasteiger partial charge in [-0.05, 0) is 48.0 Å². The van der Waals surface area contributed by atoms with E-state index in [2.05, 4.69) is 4.98 Å². The molecule has 0 aliphatic carbocycles. The minimum absolute atomic E-state index is 0.0164. The van der Waals surface area contributed by atoms with Gasteiger partial charge in [-0.15, -0.1) is 11.8 Å². The van der Waals surface area contributed by atoms with Crippen LogP contribution < -0.4 is 14.4 Å². The van der Waals surface area contributed by atoms with E-state index in [4.69, 9.17) is 26.1 Å². The van der Waals surface area contributed by atoms with E-state index in [1.54, 1.807) is 43.3 Å². The van der Waals surface area contributed by atoms with Crippen molar-refractivity contribution in [2.24, 2.45) is 0 Å². The standard InChI is InChI=1S/C24H22ClN3O3S2/c1-30-19-9-10-20(31-2)23-22(19)27-24(33-23)28(15-16-4-3-12-26-14-16)21(29)11-13-32-18-7-5-17(25)6-8-18/h3-10,12,14H,11,13,15H2,1-2H3. The number of halogens is 1. The quantitative estimate of drug-likeness (QED) is 0.260. The summed E-state index contributed by atoms with van der Waals surface area (Å²) < 4.78 is 11.8. The number of anilines is 1. The molecule has 0 atom stereocenters. The highest BCUT2D eigenvalue weighted by atomic mass is 35.5. The van der Waals surface area contributed by atoms with Crippen LogP contribution in [0.15, 0.2) is 65.8 Å². The van der Waals surface area contributed by atoms with Crippen molar-refractivity contribution < 1.29 is 14.3 Å². The van der Waals surface area contributed by atoms with Crippen LogP contribution in [0.3, 0.4) is 0 Å². The van der Waals surface area contributed by atoms with Gasteiger partial charge in [-0.25, -0.2) is 4.98 Å². The fourth-order valence-corrected chi connectivity index (χ4v) is 5.31. The molecule has 0 aliphatic rings. The Kier molecular flexibility index (Phi) is 7.69. The van der Waals surface area contributed by atoms with Crippen molar-refractivity contribution in [2.45, 2.75) is 17.9 Å². The predicted octanol–water partition coefficient (Wildman–Crippen LogP) is 6.08. The molecular weight excluding hydrogens is 478 g/mol. The van der Waals surface area contributed by atoms with Crippen molar-refractivity contribution >= 4 is 56.0 Å². The lowest BCUT2D eigenvalue weighted by Crippen LogP contribution is -2.30. The molecule has 170 valence electrons. The van der Waals surface area contributed by atoms with Gasteiger partial charge in [0.2, 0.25) is 5.91 Å². The van der Waals surface area contributed by atoms with Crippen LogP contribution in [0.25, 0.3) is 10.2 Å². The second kappa shape index (κ2) is 10.9. The number of carbonyl (C=O) groups is 1. The number of thiazole rings is 1. The van der Waals surface area contributed by atoms with Crippen LogP contribution in [-0.4, -0.2) is 35.8 Å². The first kappa shape index (κ1) is 23.4. The van der Waals surface area contributed by atoms with E-state index in [1.165, 1.54) is 11.3 Å². The first-order valence-electron chi connectivity index (χ1n) is 10.2. The van der Waals surface area contributed by atoms with Gasteiger partial charge in [-0.2, -0.15) is 0 Å². The van der Waals surface area contributed by atoms with Crippen LogP contribution >= 0.6 is 34.7 Å². The highest BCUT2D eigenvalue weighted by Gasteiger charge is 2.23. The zero-order valence-corrected chi connectivity index (χ0v) is 20.5. The lowest BCUT2D eigenvalue weighted by Gasteiger charge is -2.20. The summed E-state index contributed by atoms with van der Waals surface area (Å²) in [6.45, 7) is 0.378. The van der Waals surface area contributed by atoms with Crippen molar-refractivity contribution in [3.8, 4) is 11.5 Å². The Labute approximate surface area is 205 Å². The summed E-state index contributed by atoms with van der Waals surface area (Å²) in [7, 11) is 3.22. The molecule has 0 saturated heterocycles. The van der Waals surface area contributed by atoms with Crippen LogP contribution in [-0.2, 0) is 11.3 Å². The van der Waals surface area contributed by atoms with Crippen molar-refractivity contribution in [3.05, 3.63) is 71.5 Å². The summed E-state index contributed by atoms with van der Waals surface area (Å²) in [5.74, 6) is 1.96. The number of thioether (sulfide) groups is 1. The zero-order chi connectivity index (χ0) is 23.2. The van der Waals surface area contributed by atoms with E-state index in [-0.39, 0.29) is 5.91 Å². The number of fused-ring (bicyclic) bond motifs is 1. The molecule has 9 heteroatoms. The molecule has 0 N–H and O–H groups in total. The second-order valence-electron chi connectivity index (χ2n) is 7.04. The van der Waals surface area contributed by atoms with Gasteiger partial charge in [0.05, 0.1) is 20.8 Å². The maximum absolute atomic E-state index is 13.4. The Morgan fingerprint density at radius 2 is 1.85 bits per heavy atom. The minimum Gasteiger partial charge on any atom is -0.495 e. The molecule has 2 aromatic heterocycles. The number of ether oxygens (including phenoxy) is 2. The van der Waals surface area contributed by atoms with Gasteiger partial charge in [0.15, 0.2) is 5.13 Å². The van der Waals surface area contributed by atoms with Crippen molar-refractivity contribution in [1.82, 2.24) is 9.97 Å². The van der Waals surface area contributed by atoms with Crippen LogP contribution in [0.5, 0.6) is 11.5 Å². The molecule has 0 fully saturated rings. The topological polar surface area (TPSA) is 64.6 Å². The normalized spacial score (nSPS) is 10.9. The number of carbonyl (C=O) groups excluding carboxylic acids is 1. The third-order valence-corrected chi connectivity index (χ3v) is 7.25. The van der Waals surface area contributed by atoms with E-state index in [0.29, 0.717) is 45.9 Å². The maximum atomic E-state index is 13.4. The fourth-order valence-electron chi connectivity index (χ4n) is 3.25. The molecule has 2 heterocycles. The van der Waals surface area contributed by atoms with E-state index in [0.717, 1.165) is 15.2 Å². The van der Waals surface area contributed by atoms with E-state index < -0.39 is 0 Å². The molecule has 33 heavy (non-hydrogen) atoms. The van der Waals surface area contributed by atoms with Gasteiger partial charge >= 0.3 is 0 Å². The highest BCUT2D eigenvalue weighted by Crippen LogP contribution is 2.40. The molecule has 0 bridgehead atoms. The molecule has 0 unspecified atom stereocenters. The van der Waals surface area contributed by atoms with E-state index in [9.17, 15) is 4.79 Å². The summed E-state index contributed by atoms with van der Waals surface area (Å²) in [5.41, 5.74) is 1.60. The van der Waals surface area contributed by atoms with Gasteiger partial charge in [0.1, 0.15) is 21.7 Å². The van der Waals surface area contributed by atoms with Gasteiger partial charge < -0.3 is 9.47 Å². The average molecular weight is 500 g/mol. The second-order valence-corrected chi connectivity index (χ2v) is 9.62. The van der Waals surface area contributed by atoms with Gasteiger partial charge in [0, 0.05) is 34.5 Å². The summed E-state index contributed by atoms with van der Waals surface area (Å²) in [4.78, 5) is 25.1. The fraction of sp³-hybridized carbons (Fsp3) is 0.208. The minimum atomic E-state index is -0.0164. The number of hydrogen-bond acceptors (Lipinski definition) is 7. The summed E-state index contributed by atoms with van der Waals surface area (Å²) in [6.07, 6.45) is 3.83. The Morgan fingerprint density at radius 3 is 2.55 bits per heavy atom. The smallest absolute Gasteiger partial charge is 0.229 e. The summed E-state index contributed by atoms with van der Waals surface area (Å²) in [6, 6.07) is 15.1. The number of amides is 1. The molecule has 4 aromatic rings. The molecule has 4 rings (SSSR count). The third kappa shape index (κ3) is 5.58. The van der Waals surface area contributed by atoms with Gasteiger partial charge in [0.25, 0.3) is 0 Å². The molecule has 0 aliphatic heterocycles. The predicted molar refractivity (Wildman–Crippen MR) is 135 cm³/mol. The Morgan fingerprint density at radius 1 is 1.09 bits per heavy atom. The SMILES string of the molecule is COc1ccc(OC)c2sc(N(Cc3cccnc3)C(=O)CCSc3ccc(Cl)cc3)nc12. The van der Waals surface area contributed by atoms with Crippen LogP contribution in [0.2, 0.25) is 5.02 Å². The zero-order valence-electron chi connectivity index (χ0n) is 18.2. The number of nitrogens with zero attached hydrogens (tertiary/aromatic N) is 3. The van der Waals surface area contributed by atoms with E-state index >= 15 is 0 Å². The lowest BCUT2D eigenvalue weighted by atomic mass is 10.2. The Bertz CT molecular complexity index is 1190. The van der Waals surface area contributed by atoms with Crippen molar-refractivity contribution in [3.63, 3.8) is 0 Å². The van der Waals surface area contributed by atoms with Crippen LogP contribution in [0, 0.1) is 0 Å². The molecule has 2 aromatic carbocycles. The molecular formula is C24H22ClN3O3S2. The highest BCUT2D eigenvalue weighted by molar-refractivity contribution is 7.99. The summed E-state index contributed by atoms with van der Waals surface area (Å²) >= 11 is 8.99. The first-order valence-corrected chi connectivity index (χ1v) is 12.4. The lowest BCUT2D eigenvalue weighted by molar-refractivity contribution is -0.118. The monoisotopic (exact) mass is 499 g/mol. The molecule has 0 saturated carbocycles. The largest absolute Gasteiger partial charge is 0.495 e. The number of pyridine rings is 1. The molecule has 0 spiro atoms. The van der Waals surface area contributed by atoms with E-state index in [1.807, 2.05) is 48.5 Å². The number of hydrogen-bond donors (Lipinski definition) is 0. The molecule has 0 radical (unpaired) electrons. The number of benzene rings is 2. The molecule has 1 amide bonds. The van der Waals surface area contributed by atoms with Gasteiger partial charge in [-0.1, -0.05) is 29.0 Å². The van der Waals surface area contributed by atoms with Gasteiger partial charge in [-0.3, -0.25) is 14.7 Å². The van der Waals surface area contributed by atoms with Crippen LogP contribution in [0.4, 0.5) is 5.13 Å². The summed E-state index contributed by atoms with van der Waals surface area (Å²) in [5, 5.41) is 1.29. The van der Waals surface area contributed by atoms with Crippen molar-refractivity contribution in [2.75, 3.05) is 24.9 Å². The number of rotatable bonds is 9. The first-order chi connectivity index (χ1) is 16.1. The average Bonchev–Trinajstić information content (AvgIpc) is 3.29. The van der Waals surface area contributed by atoms with Crippen LogP contribution in [0.1, 0.15) is 12.0 Å². The Hall–Kier alpha value is -2.81. The third-order valence-electron chi connectivity index (χ3n) is 4.89. The number of aromatic nitrogens is 2. The number of methoxy groups -OCH3 is 2. The Balaban J connectivity index is 1.60.